The molecule has 9 heteroatoms. The third kappa shape index (κ3) is 4.40. The Kier molecular flexibility index (Phi) is 5.41. The van der Waals surface area contributed by atoms with Crippen LogP contribution in [0.15, 0.2) is 18.5 Å². The summed E-state index contributed by atoms with van der Waals surface area (Å²) in [6, 6.07) is 0.906. The number of ether oxygens (including phenoxy) is 1. The average Bonchev–Trinajstić information content (AvgIpc) is 2.50. The van der Waals surface area contributed by atoms with Gasteiger partial charge in [-0.25, -0.2) is 4.79 Å². The van der Waals surface area contributed by atoms with E-state index >= 15 is 0 Å². The topological polar surface area (TPSA) is 118 Å². The highest BCUT2D eigenvalue weighted by atomic mass is 16.6. The minimum absolute atomic E-state index is 0.114. The van der Waals surface area contributed by atoms with Crippen molar-refractivity contribution in [2.45, 2.75) is 51.9 Å². The number of pyridine rings is 1. The molecular weight excluding hydrogens is 340 g/mol. The SMILES string of the molecule is CC1CN(c2ccncc2[N+](=O)[O-])CC(NC(=O)OC(C)(C)C)C1(C)O. The molecule has 26 heavy (non-hydrogen) atoms. The first-order chi connectivity index (χ1) is 11.9. The van der Waals surface area contributed by atoms with E-state index in [1.54, 1.807) is 38.7 Å². The van der Waals surface area contributed by atoms with Gasteiger partial charge in [-0.3, -0.25) is 15.1 Å². The first kappa shape index (κ1) is 19.9. The van der Waals surface area contributed by atoms with Gasteiger partial charge < -0.3 is 20.1 Å². The molecule has 1 fully saturated rings. The number of amides is 1. The van der Waals surface area contributed by atoms with Gasteiger partial charge in [0.25, 0.3) is 0 Å². The number of carbonyl (C=O) groups is 1. The van der Waals surface area contributed by atoms with Gasteiger partial charge in [-0.2, -0.15) is 0 Å². The fraction of sp³-hybridized carbons (Fsp3) is 0.647. The highest BCUT2D eigenvalue weighted by Gasteiger charge is 2.45. The summed E-state index contributed by atoms with van der Waals surface area (Å²) >= 11 is 0. The second kappa shape index (κ2) is 7.06. The summed E-state index contributed by atoms with van der Waals surface area (Å²) in [6.45, 7) is 9.36. The molecule has 1 aliphatic heterocycles. The molecule has 144 valence electrons. The van der Waals surface area contributed by atoms with Gasteiger partial charge in [-0.05, 0) is 33.8 Å². The van der Waals surface area contributed by atoms with Crippen molar-refractivity contribution in [2.75, 3.05) is 18.0 Å². The van der Waals surface area contributed by atoms with E-state index in [-0.39, 0.29) is 18.2 Å². The van der Waals surface area contributed by atoms with E-state index in [1.807, 2.05) is 6.92 Å². The van der Waals surface area contributed by atoms with Crippen LogP contribution in [0.2, 0.25) is 0 Å². The monoisotopic (exact) mass is 366 g/mol. The van der Waals surface area contributed by atoms with E-state index in [1.165, 1.54) is 12.4 Å². The predicted octanol–water partition coefficient (Wildman–Crippen LogP) is 2.09. The summed E-state index contributed by atoms with van der Waals surface area (Å²) in [5, 5.41) is 24.8. The number of anilines is 1. The number of hydrogen-bond donors (Lipinski definition) is 2. The molecule has 2 rings (SSSR count). The minimum Gasteiger partial charge on any atom is -0.444 e. The highest BCUT2D eigenvalue weighted by Crippen LogP contribution is 2.34. The molecular formula is C17H26N4O5. The Morgan fingerprint density at radius 3 is 2.73 bits per heavy atom. The van der Waals surface area contributed by atoms with Crippen LogP contribution in [0.4, 0.5) is 16.2 Å². The summed E-state index contributed by atoms with van der Waals surface area (Å²) in [5.41, 5.74) is -1.56. The predicted molar refractivity (Wildman–Crippen MR) is 96.0 cm³/mol. The highest BCUT2D eigenvalue weighted by molar-refractivity contribution is 5.69. The zero-order valence-electron chi connectivity index (χ0n) is 15.7. The summed E-state index contributed by atoms with van der Waals surface area (Å²) in [7, 11) is 0. The third-order valence-corrected chi connectivity index (χ3v) is 4.61. The van der Waals surface area contributed by atoms with Crippen LogP contribution in [0.25, 0.3) is 0 Å². The van der Waals surface area contributed by atoms with E-state index in [2.05, 4.69) is 10.3 Å². The zero-order chi connectivity index (χ0) is 19.7. The lowest BCUT2D eigenvalue weighted by Crippen LogP contribution is -2.65. The summed E-state index contributed by atoms with van der Waals surface area (Å²) in [4.78, 5) is 28.5. The van der Waals surface area contributed by atoms with Crippen LogP contribution < -0.4 is 10.2 Å². The Bertz CT molecular complexity index is 686. The van der Waals surface area contributed by atoms with Crippen molar-refractivity contribution in [3.8, 4) is 0 Å². The zero-order valence-corrected chi connectivity index (χ0v) is 15.7. The van der Waals surface area contributed by atoms with Gasteiger partial charge in [-0.15, -0.1) is 0 Å². The van der Waals surface area contributed by atoms with Gasteiger partial charge in [-0.1, -0.05) is 6.92 Å². The molecule has 0 bridgehead atoms. The van der Waals surface area contributed by atoms with E-state index in [9.17, 15) is 20.0 Å². The Morgan fingerprint density at radius 1 is 1.50 bits per heavy atom. The lowest BCUT2D eigenvalue weighted by atomic mass is 9.79. The van der Waals surface area contributed by atoms with Crippen molar-refractivity contribution >= 4 is 17.5 Å². The number of hydrogen-bond acceptors (Lipinski definition) is 7. The van der Waals surface area contributed by atoms with Gasteiger partial charge >= 0.3 is 11.8 Å². The van der Waals surface area contributed by atoms with Gasteiger partial charge in [0.05, 0.1) is 16.6 Å². The third-order valence-electron chi connectivity index (χ3n) is 4.61. The second-order valence-electron chi connectivity index (χ2n) is 7.85. The van der Waals surface area contributed by atoms with E-state index in [4.69, 9.17) is 4.74 Å². The number of rotatable bonds is 3. The van der Waals surface area contributed by atoms with Crippen molar-refractivity contribution in [1.82, 2.24) is 10.3 Å². The van der Waals surface area contributed by atoms with Crippen molar-refractivity contribution in [3.05, 3.63) is 28.6 Å². The van der Waals surface area contributed by atoms with Gasteiger partial charge in [0, 0.05) is 25.2 Å². The van der Waals surface area contributed by atoms with Crippen LogP contribution in [0.3, 0.4) is 0 Å². The molecule has 2 N–H and O–H groups in total. The van der Waals surface area contributed by atoms with Crippen LogP contribution in [0, 0.1) is 16.0 Å². The normalized spacial score (nSPS) is 26.3. The lowest BCUT2D eigenvalue weighted by Gasteiger charge is -2.47. The fourth-order valence-corrected chi connectivity index (χ4v) is 2.96. The number of alkyl carbamates (subject to hydrolysis) is 1. The molecule has 0 spiro atoms. The minimum atomic E-state index is -1.19. The maximum absolute atomic E-state index is 12.2. The molecule has 1 aliphatic rings. The molecule has 0 radical (unpaired) electrons. The maximum Gasteiger partial charge on any atom is 0.408 e. The molecule has 1 aromatic rings. The Morgan fingerprint density at radius 2 is 2.15 bits per heavy atom. The number of nitro groups is 1. The number of aliphatic hydroxyl groups is 1. The molecule has 0 aromatic carbocycles. The molecule has 1 aromatic heterocycles. The molecule has 3 atom stereocenters. The van der Waals surface area contributed by atoms with Gasteiger partial charge in [0.15, 0.2) is 0 Å². The standard InChI is InChI=1S/C17H26N4O5/c1-11-9-20(12-6-7-18-8-13(12)21(24)25)10-14(17(11,5)23)19-15(22)26-16(2,3)4/h6-8,11,14,23H,9-10H2,1-5H3,(H,19,22). The first-order valence-electron chi connectivity index (χ1n) is 8.47. The number of piperidine rings is 1. The van der Waals surface area contributed by atoms with Crippen molar-refractivity contribution in [1.29, 1.82) is 0 Å². The summed E-state index contributed by atoms with van der Waals surface area (Å²) < 4.78 is 5.27. The van der Waals surface area contributed by atoms with Crippen molar-refractivity contribution in [3.63, 3.8) is 0 Å². The smallest absolute Gasteiger partial charge is 0.408 e. The number of nitrogens with one attached hydrogen (secondary N) is 1. The summed E-state index contributed by atoms with van der Waals surface area (Å²) in [5.74, 6) is -0.246. The number of aromatic nitrogens is 1. The van der Waals surface area contributed by atoms with E-state index in [0.29, 0.717) is 12.2 Å². The van der Waals surface area contributed by atoms with Crippen LogP contribution >= 0.6 is 0 Å². The first-order valence-corrected chi connectivity index (χ1v) is 8.47. The second-order valence-corrected chi connectivity index (χ2v) is 7.85. The van der Waals surface area contributed by atoms with E-state index in [0.717, 1.165) is 0 Å². The Balaban J connectivity index is 2.26. The molecule has 3 unspecified atom stereocenters. The molecule has 0 aliphatic carbocycles. The fourth-order valence-electron chi connectivity index (χ4n) is 2.96. The number of carbonyl (C=O) groups excluding carboxylic acids is 1. The average molecular weight is 366 g/mol. The lowest BCUT2D eigenvalue weighted by molar-refractivity contribution is -0.384. The van der Waals surface area contributed by atoms with Crippen LogP contribution in [-0.4, -0.2) is 51.4 Å². The van der Waals surface area contributed by atoms with Gasteiger partial charge in [0.2, 0.25) is 0 Å². The quantitative estimate of drug-likeness (QED) is 0.621. The molecule has 1 amide bonds. The summed E-state index contributed by atoms with van der Waals surface area (Å²) in [6.07, 6.45) is 2.04. The molecule has 1 saturated heterocycles. The largest absolute Gasteiger partial charge is 0.444 e. The maximum atomic E-state index is 12.2. The van der Waals surface area contributed by atoms with Gasteiger partial charge in [0.1, 0.15) is 17.5 Å². The Labute approximate surface area is 152 Å². The van der Waals surface area contributed by atoms with Crippen LogP contribution in [0.5, 0.6) is 0 Å². The van der Waals surface area contributed by atoms with Crippen LogP contribution in [0.1, 0.15) is 34.6 Å². The van der Waals surface area contributed by atoms with Crippen molar-refractivity contribution < 1.29 is 19.6 Å². The van der Waals surface area contributed by atoms with Crippen LogP contribution in [-0.2, 0) is 4.74 Å². The van der Waals surface area contributed by atoms with Crippen molar-refractivity contribution in [2.24, 2.45) is 5.92 Å². The van der Waals surface area contributed by atoms with E-state index < -0.39 is 28.3 Å². The molecule has 9 nitrogen and oxygen atoms in total. The molecule has 2 heterocycles. The number of nitrogens with zero attached hydrogens (tertiary/aromatic N) is 3. The Hall–Kier alpha value is -2.42. The molecule has 0 saturated carbocycles.